The van der Waals surface area contributed by atoms with Crippen molar-refractivity contribution in [3.63, 3.8) is 0 Å². The predicted octanol–water partition coefficient (Wildman–Crippen LogP) is 10.7. The molecule has 2 aliphatic rings. The van der Waals surface area contributed by atoms with Crippen molar-refractivity contribution in [2.75, 3.05) is 0 Å². The Morgan fingerprint density at radius 2 is 1.32 bits per heavy atom. The molecule has 4 heteroatoms. The maximum Gasteiger partial charge on any atom is 0.177 e. The van der Waals surface area contributed by atoms with Gasteiger partial charge in [-0.25, -0.2) is 4.98 Å². The number of imidazole rings is 1. The minimum atomic E-state index is -0.106. The van der Waals surface area contributed by atoms with E-state index in [0.717, 1.165) is 61.7 Å². The Balaban J connectivity index is 1.17. The van der Waals surface area contributed by atoms with E-state index in [1.54, 1.807) is 0 Å². The molecule has 0 saturated carbocycles. The fourth-order valence-electron chi connectivity index (χ4n) is 7.50. The first-order valence-electron chi connectivity index (χ1n) is 15.1. The highest BCUT2D eigenvalue weighted by Gasteiger charge is 2.37. The van der Waals surface area contributed by atoms with Gasteiger partial charge in [0.05, 0.1) is 16.6 Å². The number of pyridine rings is 1. The van der Waals surface area contributed by atoms with Gasteiger partial charge in [-0.1, -0.05) is 92.7 Å². The normalized spacial score (nSPS) is 14.2. The summed E-state index contributed by atoms with van der Waals surface area (Å²) in [5.41, 5.74) is 11.2. The van der Waals surface area contributed by atoms with Gasteiger partial charge in [-0.2, -0.15) is 0 Å². The van der Waals surface area contributed by atoms with Gasteiger partial charge in [0.15, 0.2) is 23.0 Å². The fraction of sp³-hybridized carbons (Fsp3) is 0.0750. The van der Waals surface area contributed by atoms with Crippen molar-refractivity contribution in [2.45, 2.75) is 19.3 Å². The van der Waals surface area contributed by atoms with E-state index >= 15 is 0 Å². The van der Waals surface area contributed by atoms with Gasteiger partial charge in [0, 0.05) is 21.8 Å². The van der Waals surface area contributed by atoms with Crippen LogP contribution in [0.1, 0.15) is 25.0 Å². The van der Waals surface area contributed by atoms with E-state index in [0.29, 0.717) is 0 Å². The van der Waals surface area contributed by atoms with Crippen molar-refractivity contribution in [1.29, 1.82) is 0 Å². The lowest BCUT2D eigenvalue weighted by atomic mass is 9.82. The standard InChI is InChI=1S/C40H26N2O2/c1-40(2)30-13-5-3-10-26(30)28-21-36-37(22-31(28)40)43-35-17-9-12-24(38(35)44-36)23-18-19-25-27-11-4-7-15-33(27)42-34-16-8-6-14-32(34)41-39(42)29(25)20-23/h3-22H,1-2H3. The van der Waals surface area contributed by atoms with Gasteiger partial charge < -0.3 is 9.47 Å². The number of benzene rings is 6. The summed E-state index contributed by atoms with van der Waals surface area (Å²) < 4.78 is 15.6. The largest absolute Gasteiger partial charge is 0.449 e. The molecule has 1 aliphatic carbocycles. The van der Waals surface area contributed by atoms with Crippen LogP contribution in [-0.4, -0.2) is 9.38 Å². The van der Waals surface area contributed by atoms with Crippen LogP contribution in [0.4, 0.5) is 0 Å². The van der Waals surface area contributed by atoms with Crippen LogP contribution in [-0.2, 0) is 5.41 Å². The molecular weight excluding hydrogens is 540 g/mol. The number of hydrogen-bond donors (Lipinski definition) is 0. The van der Waals surface area contributed by atoms with Gasteiger partial charge in [-0.3, -0.25) is 4.40 Å². The smallest absolute Gasteiger partial charge is 0.177 e. The van der Waals surface area contributed by atoms with Crippen molar-refractivity contribution in [1.82, 2.24) is 9.38 Å². The molecule has 0 unspecified atom stereocenters. The molecule has 0 bridgehead atoms. The maximum atomic E-state index is 6.74. The van der Waals surface area contributed by atoms with Crippen LogP contribution in [0.25, 0.3) is 60.6 Å². The lowest BCUT2D eigenvalue weighted by Gasteiger charge is -2.26. The number of rotatable bonds is 1. The third kappa shape index (κ3) is 3.04. The van der Waals surface area contributed by atoms with Crippen LogP contribution in [0, 0.1) is 0 Å². The number of fused-ring (bicyclic) bond motifs is 13. The number of ether oxygens (including phenoxy) is 2. The molecule has 0 radical (unpaired) electrons. The van der Waals surface area contributed by atoms with Crippen molar-refractivity contribution >= 4 is 38.4 Å². The van der Waals surface area contributed by atoms with E-state index in [1.807, 2.05) is 18.2 Å². The third-order valence-electron chi connectivity index (χ3n) is 9.63. The minimum absolute atomic E-state index is 0.106. The van der Waals surface area contributed by atoms with Crippen molar-refractivity contribution in [3.05, 3.63) is 132 Å². The number of hydrogen-bond acceptors (Lipinski definition) is 3. The first-order chi connectivity index (χ1) is 21.6. The van der Waals surface area contributed by atoms with Crippen LogP contribution in [0.3, 0.4) is 0 Å². The van der Waals surface area contributed by atoms with E-state index in [2.05, 4.69) is 121 Å². The molecular formula is C40H26N2O2. The molecule has 1 aliphatic heterocycles. The first kappa shape index (κ1) is 23.9. The van der Waals surface area contributed by atoms with Crippen molar-refractivity contribution in [2.24, 2.45) is 0 Å². The Kier molecular flexibility index (Phi) is 4.49. The van der Waals surface area contributed by atoms with Crippen LogP contribution >= 0.6 is 0 Å². The second kappa shape index (κ2) is 8.27. The van der Waals surface area contributed by atoms with Gasteiger partial charge in [0.25, 0.3) is 0 Å². The molecule has 2 aromatic heterocycles. The van der Waals surface area contributed by atoms with E-state index in [9.17, 15) is 0 Å². The summed E-state index contributed by atoms with van der Waals surface area (Å²) in [7, 11) is 0. The predicted molar refractivity (Wildman–Crippen MR) is 177 cm³/mol. The lowest BCUT2D eigenvalue weighted by Crippen LogP contribution is -2.15. The molecule has 8 aromatic rings. The zero-order valence-electron chi connectivity index (χ0n) is 24.3. The van der Waals surface area contributed by atoms with Gasteiger partial charge in [-0.05, 0) is 75.7 Å². The van der Waals surface area contributed by atoms with E-state index in [4.69, 9.17) is 14.5 Å². The van der Waals surface area contributed by atoms with E-state index in [-0.39, 0.29) is 5.41 Å². The van der Waals surface area contributed by atoms with Crippen molar-refractivity contribution in [3.8, 4) is 45.3 Å². The average molecular weight is 567 g/mol. The molecule has 208 valence electrons. The van der Waals surface area contributed by atoms with E-state index in [1.165, 1.54) is 33.0 Å². The van der Waals surface area contributed by atoms with Crippen LogP contribution < -0.4 is 9.47 Å². The summed E-state index contributed by atoms with van der Waals surface area (Å²) in [6, 6.07) is 42.7. The highest BCUT2D eigenvalue weighted by atomic mass is 16.6. The Bertz CT molecular complexity index is 2540. The molecule has 0 N–H and O–H groups in total. The second-order valence-electron chi connectivity index (χ2n) is 12.4. The molecule has 3 heterocycles. The Morgan fingerprint density at radius 3 is 2.25 bits per heavy atom. The molecule has 0 atom stereocenters. The summed E-state index contributed by atoms with van der Waals surface area (Å²) in [5, 5.41) is 3.48. The minimum Gasteiger partial charge on any atom is -0.449 e. The molecule has 0 spiro atoms. The molecule has 4 nitrogen and oxygen atoms in total. The summed E-state index contributed by atoms with van der Waals surface area (Å²) in [5.74, 6) is 2.95. The average Bonchev–Trinajstić information content (AvgIpc) is 3.56. The fourth-order valence-corrected chi connectivity index (χ4v) is 7.50. The van der Waals surface area contributed by atoms with Crippen LogP contribution in [0.15, 0.2) is 121 Å². The Labute approximate surface area is 253 Å². The summed E-state index contributed by atoms with van der Waals surface area (Å²) in [4.78, 5) is 5.12. The molecule has 44 heavy (non-hydrogen) atoms. The topological polar surface area (TPSA) is 35.8 Å². The molecule has 6 aromatic carbocycles. The summed E-state index contributed by atoms with van der Waals surface area (Å²) in [6.07, 6.45) is 0. The highest BCUT2D eigenvalue weighted by Crippen LogP contribution is 2.56. The molecule has 10 rings (SSSR count). The molecule has 0 amide bonds. The maximum absolute atomic E-state index is 6.74. The number of nitrogens with zero attached hydrogens (tertiary/aromatic N) is 2. The van der Waals surface area contributed by atoms with Crippen LogP contribution in [0.5, 0.6) is 23.0 Å². The Hall–Kier alpha value is -5.61. The quantitative estimate of drug-likeness (QED) is 0.185. The van der Waals surface area contributed by atoms with Crippen LogP contribution in [0.2, 0.25) is 0 Å². The summed E-state index contributed by atoms with van der Waals surface area (Å²) >= 11 is 0. The zero-order valence-corrected chi connectivity index (χ0v) is 24.3. The lowest BCUT2D eigenvalue weighted by molar-refractivity contribution is 0.360. The number of para-hydroxylation sites is 4. The molecule has 0 saturated heterocycles. The monoisotopic (exact) mass is 566 g/mol. The van der Waals surface area contributed by atoms with Gasteiger partial charge in [-0.15, -0.1) is 0 Å². The second-order valence-corrected chi connectivity index (χ2v) is 12.4. The first-order valence-corrected chi connectivity index (χ1v) is 15.1. The Morgan fingerprint density at radius 1 is 0.545 bits per heavy atom. The van der Waals surface area contributed by atoms with Crippen molar-refractivity contribution < 1.29 is 9.47 Å². The van der Waals surface area contributed by atoms with Gasteiger partial charge in [0.1, 0.15) is 5.65 Å². The third-order valence-corrected chi connectivity index (χ3v) is 9.63. The van der Waals surface area contributed by atoms with E-state index < -0.39 is 0 Å². The van der Waals surface area contributed by atoms with Gasteiger partial charge >= 0.3 is 0 Å². The zero-order chi connectivity index (χ0) is 29.2. The number of aromatic nitrogens is 2. The van der Waals surface area contributed by atoms with Gasteiger partial charge in [0.2, 0.25) is 0 Å². The summed E-state index contributed by atoms with van der Waals surface area (Å²) in [6.45, 7) is 4.56. The SMILES string of the molecule is CC1(C)c2ccccc2-c2cc3c(cc21)Oc1cccc(-c2ccc4c5ccccc5n5c6ccccc6nc5c4c2)c1O3. The highest BCUT2D eigenvalue weighted by molar-refractivity contribution is 6.14. The molecule has 0 fully saturated rings.